The van der Waals surface area contributed by atoms with Gasteiger partial charge in [0.15, 0.2) is 5.82 Å². The highest BCUT2D eigenvalue weighted by Gasteiger charge is 2.27. The summed E-state index contributed by atoms with van der Waals surface area (Å²) in [7, 11) is 1.55. The molecule has 0 atom stereocenters. The van der Waals surface area contributed by atoms with E-state index in [0.717, 1.165) is 49.9 Å². The van der Waals surface area contributed by atoms with Crippen molar-refractivity contribution in [2.24, 2.45) is 0 Å². The molecule has 2 aromatic rings. The number of imidazole rings is 1. The first kappa shape index (κ1) is 17.6. The zero-order valence-electron chi connectivity index (χ0n) is 15.2. The maximum atomic E-state index is 11.9. The van der Waals surface area contributed by atoms with E-state index < -0.39 is 0 Å². The number of likely N-dealkylation sites (tertiary alicyclic amines) is 1. The Morgan fingerprint density at radius 1 is 1.32 bits per heavy atom. The van der Waals surface area contributed by atoms with Crippen LogP contribution in [0.2, 0.25) is 0 Å². The van der Waals surface area contributed by atoms with E-state index in [9.17, 15) is 4.79 Å². The van der Waals surface area contributed by atoms with Crippen LogP contribution in [0.25, 0.3) is 0 Å². The molecule has 0 N–H and O–H groups in total. The molecule has 0 radical (unpaired) electrons. The summed E-state index contributed by atoms with van der Waals surface area (Å²) in [5, 5.41) is 8.90. The molecule has 1 fully saturated rings. The second-order valence-corrected chi connectivity index (χ2v) is 6.41. The molecule has 25 heavy (non-hydrogen) atoms. The molecule has 136 valence electrons. The van der Waals surface area contributed by atoms with E-state index in [-0.39, 0.29) is 12.5 Å². The Labute approximate surface area is 147 Å². The number of methoxy groups -OCH3 is 1. The Bertz CT molecular complexity index is 715. The number of nitrogens with zero attached hydrogens (tertiary/aromatic N) is 6. The van der Waals surface area contributed by atoms with Crippen LogP contribution in [0.3, 0.4) is 0 Å². The van der Waals surface area contributed by atoms with Gasteiger partial charge in [0.05, 0.1) is 6.54 Å². The van der Waals surface area contributed by atoms with Crippen LogP contribution in [0.1, 0.15) is 43.2 Å². The molecule has 0 saturated carbocycles. The van der Waals surface area contributed by atoms with Gasteiger partial charge in [-0.15, -0.1) is 10.2 Å². The molecule has 3 heterocycles. The van der Waals surface area contributed by atoms with Crippen LogP contribution in [0.4, 0.5) is 0 Å². The van der Waals surface area contributed by atoms with Gasteiger partial charge in [0.1, 0.15) is 18.3 Å². The molecule has 0 unspecified atom stereocenters. The van der Waals surface area contributed by atoms with Crippen LogP contribution in [-0.4, -0.2) is 61.9 Å². The van der Waals surface area contributed by atoms with Crippen LogP contribution >= 0.6 is 0 Å². The maximum Gasteiger partial charge on any atom is 0.248 e. The van der Waals surface area contributed by atoms with Crippen LogP contribution in [0.15, 0.2) is 12.4 Å². The van der Waals surface area contributed by atoms with E-state index in [1.807, 2.05) is 18.0 Å². The lowest BCUT2D eigenvalue weighted by Crippen LogP contribution is -2.40. The largest absolute Gasteiger partial charge is 0.375 e. The number of carbonyl (C=O) groups excluding carboxylic acids is 1. The van der Waals surface area contributed by atoms with Gasteiger partial charge in [-0.25, -0.2) is 4.98 Å². The molecule has 0 aromatic carbocycles. The minimum absolute atomic E-state index is 0.0641. The smallest absolute Gasteiger partial charge is 0.248 e. The molecule has 1 aliphatic heterocycles. The van der Waals surface area contributed by atoms with Crippen molar-refractivity contribution in [1.82, 2.24) is 29.2 Å². The van der Waals surface area contributed by atoms with E-state index in [2.05, 4.69) is 31.2 Å². The molecule has 1 amide bonds. The number of carbonyl (C=O) groups is 1. The van der Waals surface area contributed by atoms with Gasteiger partial charge in [0, 0.05) is 45.1 Å². The molecule has 0 aliphatic carbocycles. The molecule has 2 aromatic heterocycles. The molecule has 1 aliphatic rings. The van der Waals surface area contributed by atoms with Crippen molar-refractivity contribution in [2.45, 2.75) is 45.7 Å². The zero-order chi connectivity index (χ0) is 17.8. The van der Waals surface area contributed by atoms with E-state index in [4.69, 9.17) is 4.74 Å². The van der Waals surface area contributed by atoms with Crippen LogP contribution in [0.5, 0.6) is 0 Å². The van der Waals surface area contributed by atoms with Gasteiger partial charge in [-0.3, -0.25) is 4.79 Å². The molecule has 1 saturated heterocycles. The SMILES string of the molecule is CCn1c(Cn2ccnc2C)nnc1C1CCN(C(=O)COC)CC1. The first-order chi connectivity index (χ1) is 12.1. The first-order valence-corrected chi connectivity index (χ1v) is 8.80. The van der Waals surface area contributed by atoms with Gasteiger partial charge in [0.2, 0.25) is 5.91 Å². The lowest BCUT2D eigenvalue weighted by atomic mass is 9.96. The lowest BCUT2D eigenvalue weighted by molar-refractivity contribution is -0.136. The summed E-state index contributed by atoms with van der Waals surface area (Å²) in [5.74, 6) is 3.37. The Morgan fingerprint density at radius 3 is 2.68 bits per heavy atom. The predicted octanol–water partition coefficient (Wildman–Crippen LogP) is 1.20. The Balaban J connectivity index is 1.69. The number of amides is 1. The fourth-order valence-corrected chi connectivity index (χ4v) is 3.44. The van der Waals surface area contributed by atoms with Crippen molar-refractivity contribution in [1.29, 1.82) is 0 Å². The fourth-order valence-electron chi connectivity index (χ4n) is 3.44. The third-order valence-corrected chi connectivity index (χ3v) is 4.89. The summed E-state index contributed by atoms with van der Waals surface area (Å²) in [6.07, 6.45) is 5.59. The highest BCUT2D eigenvalue weighted by Crippen LogP contribution is 2.27. The Kier molecular flexibility index (Phi) is 5.47. The number of aromatic nitrogens is 5. The molecule has 0 bridgehead atoms. The van der Waals surface area contributed by atoms with Crippen molar-refractivity contribution in [3.63, 3.8) is 0 Å². The number of hydrogen-bond acceptors (Lipinski definition) is 5. The highest BCUT2D eigenvalue weighted by molar-refractivity contribution is 5.77. The van der Waals surface area contributed by atoms with E-state index >= 15 is 0 Å². The summed E-state index contributed by atoms with van der Waals surface area (Å²) < 4.78 is 9.22. The summed E-state index contributed by atoms with van der Waals surface area (Å²) in [4.78, 5) is 18.1. The topological polar surface area (TPSA) is 78.1 Å². The third kappa shape index (κ3) is 3.73. The average molecular weight is 346 g/mol. The standard InChI is InChI=1S/C17H26N6O2/c1-4-23-15(11-22-10-7-18-13(22)2)19-20-17(23)14-5-8-21(9-6-14)16(24)12-25-3/h7,10,14H,4-6,8-9,11-12H2,1-3H3. The average Bonchev–Trinajstić information content (AvgIpc) is 3.22. The highest BCUT2D eigenvalue weighted by atomic mass is 16.5. The van der Waals surface area contributed by atoms with Gasteiger partial charge in [0.25, 0.3) is 0 Å². The lowest BCUT2D eigenvalue weighted by Gasteiger charge is -2.31. The van der Waals surface area contributed by atoms with Crippen molar-refractivity contribution in [3.05, 3.63) is 29.9 Å². The quantitative estimate of drug-likeness (QED) is 0.785. The number of rotatable bonds is 6. The van der Waals surface area contributed by atoms with Gasteiger partial charge >= 0.3 is 0 Å². The molecule has 8 heteroatoms. The molecular weight excluding hydrogens is 320 g/mol. The zero-order valence-corrected chi connectivity index (χ0v) is 15.2. The van der Waals surface area contributed by atoms with Crippen molar-refractivity contribution in [3.8, 4) is 0 Å². The van der Waals surface area contributed by atoms with Gasteiger partial charge < -0.3 is 18.8 Å². The van der Waals surface area contributed by atoms with Crippen LogP contribution in [-0.2, 0) is 22.6 Å². The molecule has 3 rings (SSSR count). The Hall–Kier alpha value is -2.22. The van der Waals surface area contributed by atoms with Crippen molar-refractivity contribution in [2.75, 3.05) is 26.8 Å². The van der Waals surface area contributed by atoms with E-state index in [1.54, 1.807) is 13.3 Å². The minimum atomic E-state index is 0.0641. The monoisotopic (exact) mass is 346 g/mol. The van der Waals surface area contributed by atoms with Crippen LogP contribution < -0.4 is 0 Å². The van der Waals surface area contributed by atoms with Gasteiger partial charge in [-0.1, -0.05) is 0 Å². The van der Waals surface area contributed by atoms with E-state index in [1.165, 1.54) is 0 Å². The summed E-state index contributed by atoms with van der Waals surface area (Å²) >= 11 is 0. The number of piperidine rings is 1. The molecular formula is C17H26N6O2. The maximum absolute atomic E-state index is 11.9. The second kappa shape index (κ2) is 7.77. The molecule has 8 nitrogen and oxygen atoms in total. The number of ether oxygens (including phenoxy) is 1. The summed E-state index contributed by atoms with van der Waals surface area (Å²) in [6, 6.07) is 0. The summed E-state index contributed by atoms with van der Waals surface area (Å²) in [6.45, 7) is 7.28. The van der Waals surface area contributed by atoms with E-state index in [0.29, 0.717) is 12.5 Å². The second-order valence-electron chi connectivity index (χ2n) is 6.41. The summed E-state index contributed by atoms with van der Waals surface area (Å²) in [5.41, 5.74) is 0. The van der Waals surface area contributed by atoms with Crippen LogP contribution in [0, 0.1) is 6.92 Å². The third-order valence-electron chi connectivity index (χ3n) is 4.89. The van der Waals surface area contributed by atoms with Gasteiger partial charge in [-0.05, 0) is 26.7 Å². The van der Waals surface area contributed by atoms with Crippen molar-refractivity contribution < 1.29 is 9.53 Å². The predicted molar refractivity (Wildman–Crippen MR) is 92.2 cm³/mol. The number of hydrogen-bond donors (Lipinski definition) is 0. The number of aryl methyl sites for hydroxylation is 1. The first-order valence-electron chi connectivity index (χ1n) is 8.80. The molecule has 0 spiro atoms. The van der Waals surface area contributed by atoms with Crippen molar-refractivity contribution >= 4 is 5.91 Å². The Morgan fingerprint density at radius 2 is 2.08 bits per heavy atom. The fraction of sp³-hybridized carbons (Fsp3) is 0.647. The normalized spacial score (nSPS) is 15.7. The minimum Gasteiger partial charge on any atom is -0.375 e. The van der Waals surface area contributed by atoms with Gasteiger partial charge in [-0.2, -0.15) is 0 Å².